The molecule has 0 fully saturated rings. The smallest absolute Gasteiger partial charge is 0.0805 e. The maximum Gasteiger partial charge on any atom is 0.0805 e. The van der Waals surface area contributed by atoms with Crippen LogP contribution in [-0.2, 0) is 11.3 Å². The van der Waals surface area contributed by atoms with E-state index in [-0.39, 0.29) is 0 Å². The van der Waals surface area contributed by atoms with Gasteiger partial charge < -0.3 is 4.74 Å². The Hall–Kier alpha value is -0.820. The molecule has 0 amide bonds. The van der Waals surface area contributed by atoms with Gasteiger partial charge in [0.15, 0.2) is 0 Å². The van der Waals surface area contributed by atoms with Crippen LogP contribution in [0.2, 0.25) is 0 Å². The van der Waals surface area contributed by atoms with Crippen molar-refractivity contribution in [2.24, 2.45) is 0 Å². The van der Waals surface area contributed by atoms with Crippen molar-refractivity contribution in [1.82, 2.24) is 0 Å². The van der Waals surface area contributed by atoms with Crippen LogP contribution in [0.1, 0.15) is 29.7 Å². The molecule has 0 N–H and O–H groups in total. The molecule has 1 unspecified atom stereocenters. The molecule has 1 aromatic carbocycles. The second-order valence-electron chi connectivity index (χ2n) is 3.16. The molecular formula is C10H12O. The van der Waals surface area contributed by atoms with E-state index in [1.54, 1.807) is 0 Å². The zero-order valence-corrected chi connectivity index (χ0v) is 6.92. The summed E-state index contributed by atoms with van der Waals surface area (Å²) in [6.45, 7) is 5.01. The molecule has 0 aliphatic carbocycles. The summed E-state index contributed by atoms with van der Waals surface area (Å²) in [5.41, 5.74) is 4.04. The van der Waals surface area contributed by atoms with Gasteiger partial charge in [-0.15, -0.1) is 0 Å². The molecule has 11 heavy (non-hydrogen) atoms. The van der Waals surface area contributed by atoms with Crippen molar-refractivity contribution in [3.63, 3.8) is 0 Å². The lowest BCUT2D eigenvalue weighted by Crippen LogP contribution is -1.88. The summed E-state index contributed by atoms with van der Waals surface area (Å²) >= 11 is 0. The van der Waals surface area contributed by atoms with Gasteiger partial charge in [-0.25, -0.2) is 0 Å². The van der Waals surface area contributed by atoms with E-state index in [2.05, 4.69) is 32.0 Å². The largest absolute Gasteiger partial charge is 0.369 e. The third-order valence-corrected chi connectivity index (χ3v) is 2.23. The van der Waals surface area contributed by atoms with Gasteiger partial charge in [-0.1, -0.05) is 23.8 Å². The van der Waals surface area contributed by atoms with Gasteiger partial charge in [0.1, 0.15) is 0 Å². The van der Waals surface area contributed by atoms with Gasteiger partial charge >= 0.3 is 0 Å². The number of hydrogen-bond acceptors (Lipinski definition) is 1. The van der Waals surface area contributed by atoms with Crippen molar-refractivity contribution in [3.8, 4) is 0 Å². The van der Waals surface area contributed by atoms with Gasteiger partial charge in [0.25, 0.3) is 0 Å². The van der Waals surface area contributed by atoms with Crippen molar-refractivity contribution in [3.05, 3.63) is 34.9 Å². The number of aryl methyl sites for hydroxylation is 1. The van der Waals surface area contributed by atoms with Crippen molar-refractivity contribution in [2.45, 2.75) is 26.6 Å². The zero-order chi connectivity index (χ0) is 7.84. The van der Waals surface area contributed by atoms with Crippen LogP contribution >= 0.6 is 0 Å². The predicted octanol–water partition coefficient (Wildman–Crippen LogP) is 2.59. The molecule has 1 nitrogen and oxygen atoms in total. The summed E-state index contributed by atoms with van der Waals surface area (Å²) in [4.78, 5) is 0. The number of rotatable bonds is 0. The van der Waals surface area contributed by atoms with E-state index in [9.17, 15) is 0 Å². The van der Waals surface area contributed by atoms with Crippen LogP contribution < -0.4 is 0 Å². The zero-order valence-electron chi connectivity index (χ0n) is 6.92. The summed E-state index contributed by atoms with van der Waals surface area (Å²) < 4.78 is 5.48. The van der Waals surface area contributed by atoms with E-state index in [4.69, 9.17) is 4.74 Å². The molecule has 0 bridgehead atoms. The first kappa shape index (κ1) is 6.86. The Kier molecular flexibility index (Phi) is 1.46. The highest BCUT2D eigenvalue weighted by Crippen LogP contribution is 2.30. The van der Waals surface area contributed by atoms with Gasteiger partial charge in [0.2, 0.25) is 0 Å². The van der Waals surface area contributed by atoms with Crippen LogP contribution in [0.25, 0.3) is 0 Å². The molecule has 0 saturated carbocycles. The van der Waals surface area contributed by atoms with Crippen LogP contribution in [0.4, 0.5) is 0 Å². The first-order valence-corrected chi connectivity index (χ1v) is 3.98. The number of ether oxygens (including phenoxy) is 1. The third-order valence-electron chi connectivity index (χ3n) is 2.23. The number of fused-ring (bicyclic) bond motifs is 1. The first-order valence-electron chi connectivity index (χ1n) is 3.98. The second-order valence-corrected chi connectivity index (χ2v) is 3.16. The first-order chi connectivity index (χ1) is 5.27. The van der Waals surface area contributed by atoms with Gasteiger partial charge in [-0.3, -0.25) is 0 Å². The third kappa shape index (κ3) is 1.05. The fourth-order valence-electron chi connectivity index (χ4n) is 1.53. The summed E-state index contributed by atoms with van der Waals surface area (Å²) in [6.07, 6.45) is 0.296. The molecule has 1 aliphatic rings. The average Bonchev–Trinajstić information content (AvgIpc) is 2.33. The SMILES string of the molecule is Cc1ccc2c(c1)C(C)OC2. The summed E-state index contributed by atoms with van der Waals surface area (Å²) in [7, 11) is 0. The maximum atomic E-state index is 5.48. The number of hydrogen-bond donors (Lipinski definition) is 0. The molecule has 1 aromatic rings. The minimum Gasteiger partial charge on any atom is -0.369 e. The molecule has 1 heterocycles. The Bertz CT molecular complexity index is 278. The van der Waals surface area contributed by atoms with Crippen molar-refractivity contribution >= 4 is 0 Å². The topological polar surface area (TPSA) is 9.23 Å². The molecular weight excluding hydrogens is 136 g/mol. The summed E-state index contributed by atoms with van der Waals surface area (Å²) in [5.74, 6) is 0. The van der Waals surface area contributed by atoms with Crippen LogP contribution in [-0.4, -0.2) is 0 Å². The second kappa shape index (κ2) is 2.35. The minimum atomic E-state index is 0.296. The van der Waals surface area contributed by atoms with E-state index in [1.165, 1.54) is 16.7 Å². The van der Waals surface area contributed by atoms with Gasteiger partial charge in [0.05, 0.1) is 12.7 Å². The monoisotopic (exact) mass is 148 g/mol. The van der Waals surface area contributed by atoms with Gasteiger partial charge in [-0.2, -0.15) is 0 Å². The molecule has 58 valence electrons. The van der Waals surface area contributed by atoms with E-state index >= 15 is 0 Å². The Morgan fingerprint density at radius 2 is 2.27 bits per heavy atom. The van der Waals surface area contributed by atoms with E-state index in [0.29, 0.717) is 6.10 Å². The number of benzene rings is 1. The van der Waals surface area contributed by atoms with Crippen molar-refractivity contribution in [1.29, 1.82) is 0 Å². The molecule has 0 radical (unpaired) electrons. The molecule has 1 heteroatoms. The average molecular weight is 148 g/mol. The van der Waals surface area contributed by atoms with Crippen LogP contribution in [0.3, 0.4) is 0 Å². The van der Waals surface area contributed by atoms with E-state index in [1.807, 2.05) is 0 Å². The molecule has 2 rings (SSSR count). The van der Waals surface area contributed by atoms with E-state index < -0.39 is 0 Å². The fraction of sp³-hybridized carbons (Fsp3) is 0.400. The van der Waals surface area contributed by atoms with Gasteiger partial charge in [-0.05, 0) is 25.0 Å². The quantitative estimate of drug-likeness (QED) is 0.549. The lowest BCUT2D eigenvalue weighted by molar-refractivity contribution is 0.0796. The van der Waals surface area contributed by atoms with Crippen molar-refractivity contribution in [2.75, 3.05) is 0 Å². The Morgan fingerprint density at radius 1 is 1.45 bits per heavy atom. The van der Waals surface area contributed by atoms with Gasteiger partial charge in [0, 0.05) is 0 Å². The normalized spacial score (nSPS) is 21.8. The molecule has 1 aliphatic heterocycles. The molecule has 0 spiro atoms. The summed E-state index contributed by atoms with van der Waals surface area (Å²) in [5, 5.41) is 0. The Morgan fingerprint density at radius 3 is 3.09 bits per heavy atom. The molecule has 1 atom stereocenters. The maximum absolute atomic E-state index is 5.48. The van der Waals surface area contributed by atoms with E-state index in [0.717, 1.165) is 6.61 Å². The fourth-order valence-corrected chi connectivity index (χ4v) is 1.53. The highest BCUT2D eigenvalue weighted by molar-refractivity contribution is 5.34. The highest BCUT2D eigenvalue weighted by Gasteiger charge is 2.17. The molecule has 0 saturated heterocycles. The van der Waals surface area contributed by atoms with Crippen molar-refractivity contribution < 1.29 is 4.74 Å². The predicted molar refractivity (Wildman–Crippen MR) is 44.4 cm³/mol. The van der Waals surface area contributed by atoms with Crippen LogP contribution in [0.15, 0.2) is 18.2 Å². The standard InChI is InChI=1S/C10H12O/c1-7-3-4-9-6-11-8(2)10(9)5-7/h3-5,8H,6H2,1-2H3. The van der Waals surface area contributed by atoms with Crippen LogP contribution in [0.5, 0.6) is 0 Å². The lowest BCUT2D eigenvalue weighted by Gasteiger charge is -2.02. The lowest BCUT2D eigenvalue weighted by atomic mass is 10.0. The summed E-state index contributed by atoms with van der Waals surface area (Å²) in [6, 6.07) is 6.52. The van der Waals surface area contributed by atoms with Crippen LogP contribution in [0, 0.1) is 6.92 Å². The Labute approximate surface area is 67.0 Å². The molecule has 0 aromatic heterocycles. The minimum absolute atomic E-state index is 0.296. The highest BCUT2D eigenvalue weighted by atomic mass is 16.5. The Balaban J connectivity index is 2.52.